The monoisotopic (exact) mass is 202 g/mol. The zero-order valence-corrected chi connectivity index (χ0v) is 8.99. The normalized spacial score (nSPS) is 13.9. The zero-order chi connectivity index (χ0) is 10.7. The standard InChI is InChI=1S/C13H14O2/c1-14-12-7-11(8-13(9-12)15-2)10-5-3-4-6-10/h3-5,7-9H,6H2,1-2H3. The fraction of sp³-hybridized carbons (Fsp3) is 0.231. The first-order chi connectivity index (χ1) is 7.33. The van der Waals surface area contributed by atoms with E-state index in [1.54, 1.807) is 14.2 Å². The summed E-state index contributed by atoms with van der Waals surface area (Å²) in [6, 6.07) is 5.94. The van der Waals surface area contributed by atoms with Gasteiger partial charge in [-0.25, -0.2) is 0 Å². The summed E-state index contributed by atoms with van der Waals surface area (Å²) in [5.41, 5.74) is 2.46. The summed E-state index contributed by atoms with van der Waals surface area (Å²) in [5, 5.41) is 0. The van der Waals surface area contributed by atoms with Gasteiger partial charge in [0.2, 0.25) is 0 Å². The lowest BCUT2D eigenvalue weighted by Crippen LogP contribution is -1.90. The number of allylic oxidation sites excluding steroid dienone is 4. The van der Waals surface area contributed by atoms with Crippen LogP contribution in [0.25, 0.3) is 5.57 Å². The van der Waals surface area contributed by atoms with Gasteiger partial charge < -0.3 is 9.47 Å². The molecule has 1 aromatic rings. The summed E-state index contributed by atoms with van der Waals surface area (Å²) >= 11 is 0. The Morgan fingerprint density at radius 2 is 1.67 bits per heavy atom. The van der Waals surface area contributed by atoms with Crippen LogP contribution in [0.4, 0.5) is 0 Å². The molecule has 0 aromatic heterocycles. The molecule has 15 heavy (non-hydrogen) atoms. The van der Waals surface area contributed by atoms with E-state index in [4.69, 9.17) is 9.47 Å². The van der Waals surface area contributed by atoms with Gasteiger partial charge in [0.05, 0.1) is 14.2 Å². The van der Waals surface area contributed by atoms with Gasteiger partial charge in [0.25, 0.3) is 0 Å². The van der Waals surface area contributed by atoms with Gasteiger partial charge in [-0.05, 0) is 29.7 Å². The van der Waals surface area contributed by atoms with Crippen LogP contribution in [0, 0.1) is 0 Å². The van der Waals surface area contributed by atoms with Crippen LogP contribution in [-0.4, -0.2) is 14.2 Å². The molecule has 0 radical (unpaired) electrons. The Bertz CT molecular complexity index is 394. The number of methoxy groups -OCH3 is 2. The van der Waals surface area contributed by atoms with Crippen molar-refractivity contribution >= 4 is 5.57 Å². The van der Waals surface area contributed by atoms with Crippen LogP contribution in [0.5, 0.6) is 11.5 Å². The zero-order valence-electron chi connectivity index (χ0n) is 8.99. The van der Waals surface area contributed by atoms with Crippen LogP contribution in [0.15, 0.2) is 36.4 Å². The summed E-state index contributed by atoms with van der Waals surface area (Å²) in [4.78, 5) is 0. The van der Waals surface area contributed by atoms with Crippen molar-refractivity contribution in [2.24, 2.45) is 0 Å². The van der Waals surface area contributed by atoms with Crippen LogP contribution in [0.1, 0.15) is 12.0 Å². The fourth-order valence-electron chi connectivity index (χ4n) is 1.65. The Labute approximate surface area is 89.8 Å². The minimum absolute atomic E-state index is 0.831. The van der Waals surface area contributed by atoms with Crippen molar-refractivity contribution in [3.63, 3.8) is 0 Å². The molecule has 2 heteroatoms. The maximum absolute atomic E-state index is 5.23. The van der Waals surface area contributed by atoms with Gasteiger partial charge in [0.1, 0.15) is 11.5 Å². The molecule has 2 nitrogen and oxygen atoms in total. The molecule has 0 spiro atoms. The number of ether oxygens (including phenoxy) is 2. The molecule has 1 aliphatic carbocycles. The van der Waals surface area contributed by atoms with Crippen LogP contribution in [0.3, 0.4) is 0 Å². The average Bonchev–Trinajstić information content (AvgIpc) is 2.81. The van der Waals surface area contributed by atoms with Gasteiger partial charge in [0, 0.05) is 6.07 Å². The third-order valence-corrected chi connectivity index (χ3v) is 2.49. The molecule has 78 valence electrons. The first-order valence-electron chi connectivity index (χ1n) is 4.92. The van der Waals surface area contributed by atoms with Crippen molar-refractivity contribution < 1.29 is 9.47 Å². The topological polar surface area (TPSA) is 18.5 Å². The highest BCUT2D eigenvalue weighted by Crippen LogP contribution is 2.30. The molecule has 0 saturated carbocycles. The molecular weight excluding hydrogens is 188 g/mol. The van der Waals surface area contributed by atoms with E-state index in [-0.39, 0.29) is 0 Å². The first kappa shape index (κ1) is 9.84. The Hall–Kier alpha value is -1.70. The number of hydrogen-bond acceptors (Lipinski definition) is 2. The molecule has 0 atom stereocenters. The molecule has 0 bridgehead atoms. The van der Waals surface area contributed by atoms with E-state index >= 15 is 0 Å². The van der Waals surface area contributed by atoms with E-state index in [0.717, 1.165) is 23.5 Å². The van der Waals surface area contributed by atoms with Crippen molar-refractivity contribution in [1.29, 1.82) is 0 Å². The van der Waals surface area contributed by atoms with Crippen molar-refractivity contribution in [1.82, 2.24) is 0 Å². The lowest BCUT2D eigenvalue weighted by molar-refractivity contribution is 0.394. The van der Waals surface area contributed by atoms with Gasteiger partial charge in [-0.3, -0.25) is 0 Å². The van der Waals surface area contributed by atoms with E-state index in [0.29, 0.717) is 0 Å². The van der Waals surface area contributed by atoms with Gasteiger partial charge in [-0.2, -0.15) is 0 Å². The van der Waals surface area contributed by atoms with Crippen LogP contribution >= 0.6 is 0 Å². The molecule has 0 saturated heterocycles. The van der Waals surface area contributed by atoms with Gasteiger partial charge in [0.15, 0.2) is 0 Å². The molecule has 0 amide bonds. The van der Waals surface area contributed by atoms with E-state index < -0.39 is 0 Å². The predicted molar refractivity (Wildman–Crippen MR) is 61.3 cm³/mol. The summed E-state index contributed by atoms with van der Waals surface area (Å²) in [7, 11) is 3.33. The Balaban J connectivity index is 2.38. The highest BCUT2D eigenvalue weighted by molar-refractivity contribution is 5.72. The number of rotatable bonds is 3. The van der Waals surface area contributed by atoms with E-state index in [2.05, 4.69) is 18.2 Å². The summed E-state index contributed by atoms with van der Waals surface area (Å²) < 4.78 is 10.5. The minimum Gasteiger partial charge on any atom is -0.497 e. The number of benzene rings is 1. The maximum atomic E-state index is 5.23. The van der Waals surface area contributed by atoms with Gasteiger partial charge >= 0.3 is 0 Å². The second kappa shape index (κ2) is 4.22. The summed E-state index contributed by atoms with van der Waals surface area (Å²) in [5.74, 6) is 1.66. The third-order valence-electron chi connectivity index (χ3n) is 2.49. The van der Waals surface area contributed by atoms with Crippen molar-refractivity contribution in [2.45, 2.75) is 6.42 Å². The van der Waals surface area contributed by atoms with Crippen molar-refractivity contribution in [2.75, 3.05) is 14.2 Å². The lowest BCUT2D eigenvalue weighted by atomic mass is 10.0. The Kier molecular flexibility index (Phi) is 2.77. The van der Waals surface area contributed by atoms with Crippen LogP contribution in [-0.2, 0) is 0 Å². The molecular formula is C13H14O2. The quantitative estimate of drug-likeness (QED) is 0.750. The smallest absolute Gasteiger partial charge is 0.123 e. The maximum Gasteiger partial charge on any atom is 0.123 e. The largest absolute Gasteiger partial charge is 0.497 e. The van der Waals surface area contributed by atoms with Crippen LogP contribution < -0.4 is 9.47 Å². The van der Waals surface area contributed by atoms with E-state index in [1.165, 1.54) is 5.57 Å². The third kappa shape index (κ3) is 2.04. The van der Waals surface area contributed by atoms with Crippen molar-refractivity contribution in [3.05, 3.63) is 42.0 Å². The van der Waals surface area contributed by atoms with Crippen LogP contribution in [0.2, 0.25) is 0 Å². The van der Waals surface area contributed by atoms with E-state index in [9.17, 15) is 0 Å². The lowest BCUT2D eigenvalue weighted by Gasteiger charge is -2.08. The molecule has 2 rings (SSSR count). The second-order valence-electron chi connectivity index (χ2n) is 3.43. The van der Waals surface area contributed by atoms with Gasteiger partial charge in [-0.15, -0.1) is 0 Å². The number of hydrogen-bond donors (Lipinski definition) is 0. The Morgan fingerprint density at radius 3 is 2.13 bits per heavy atom. The molecule has 0 heterocycles. The predicted octanol–water partition coefficient (Wildman–Crippen LogP) is 3.05. The molecule has 1 aliphatic rings. The molecule has 0 N–H and O–H groups in total. The van der Waals surface area contributed by atoms with E-state index in [1.807, 2.05) is 18.2 Å². The summed E-state index contributed by atoms with van der Waals surface area (Å²) in [6.45, 7) is 0. The molecule has 0 unspecified atom stereocenters. The highest BCUT2D eigenvalue weighted by Gasteiger charge is 2.07. The molecule has 0 aliphatic heterocycles. The SMILES string of the molecule is COc1cc(OC)cc(C2=CC=CC2)c1. The van der Waals surface area contributed by atoms with Crippen molar-refractivity contribution in [3.8, 4) is 11.5 Å². The first-order valence-corrected chi connectivity index (χ1v) is 4.92. The summed E-state index contributed by atoms with van der Waals surface area (Å²) in [6.07, 6.45) is 7.31. The average molecular weight is 202 g/mol. The Morgan fingerprint density at radius 1 is 1.00 bits per heavy atom. The molecule has 1 aromatic carbocycles. The minimum atomic E-state index is 0.831. The molecule has 0 fully saturated rings. The van der Waals surface area contributed by atoms with Gasteiger partial charge in [-0.1, -0.05) is 18.2 Å². The second-order valence-corrected chi connectivity index (χ2v) is 3.43. The fourth-order valence-corrected chi connectivity index (χ4v) is 1.65. The highest BCUT2D eigenvalue weighted by atomic mass is 16.5.